The van der Waals surface area contributed by atoms with Crippen molar-refractivity contribution in [3.05, 3.63) is 96.4 Å². The molecule has 1 heterocycles. The van der Waals surface area contributed by atoms with Crippen LogP contribution in [0.1, 0.15) is 27.2 Å². The smallest absolute Gasteiger partial charge is 0.357 e. The molecule has 0 fully saturated rings. The van der Waals surface area contributed by atoms with Gasteiger partial charge in [-0.1, -0.05) is 29.8 Å². The van der Waals surface area contributed by atoms with E-state index in [0.717, 1.165) is 10.8 Å². The van der Waals surface area contributed by atoms with E-state index >= 15 is 0 Å². The standard InChI is InChI=1S/C20H11ClN4O5/c21-13-6-8-14(9-7-13)24-19(26)16(11-22)15(18(23-24)20(27)28)10-5-12-3-1-2-4-17(12)25(29)30/h1-10H,(H,27,28)/b10-5+. The van der Waals surface area contributed by atoms with Gasteiger partial charge in [-0.25, -0.2) is 4.79 Å². The number of para-hydroxylation sites is 1. The van der Waals surface area contributed by atoms with E-state index in [4.69, 9.17) is 11.6 Å². The number of nitro groups is 1. The zero-order valence-corrected chi connectivity index (χ0v) is 15.8. The monoisotopic (exact) mass is 422 g/mol. The Balaban J connectivity index is 2.23. The summed E-state index contributed by atoms with van der Waals surface area (Å²) in [4.78, 5) is 35.1. The summed E-state index contributed by atoms with van der Waals surface area (Å²) < 4.78 is 0.792. The van der Waals surface area contributed by atoms with E-state index in [1.165, 1.54) is 48.5 Å². The van der Waals surface area contributed by atoms with Gasteiger partial charge < -0.3 is 5.11 Å². The molecule has 3 rings (SSSR count). The van der Waals surface area contributed by atoms with Crippen molar-refractivity contribution in [1.82, 2.24) is 9.78 Å². The van der Waals surface area contributed by atoms with E-state index in [-0.39, 0.29) is 22.5 Å². The summed E-state index contributed by atoms with van der Waals surface area (Å²) in [5.41, 5.74) is -1.94. The van der Waals surface area contributed by atoms with Gasteiger partial charge >= 0.3 is 5.97 Å². The van der Waals surface area contributed by atoms with E-state index in [9.17, 15) is 30.1 Å². The highest BCUT2D eigenvalue weighted by Crippen LogP contribution is 2.22. The van der Waals surface area contributed by atoms with Crippen LogP contribution in [0, 0.1) is 21.4 Å². The number of halogens is 1. The normalized spacial score (nSPS) is 10.7. The first-order valence-electron chi connectivity index (χ1n) is 8.31. The summed E-state index contributed by atoms with van der Waals surface area (Å²) in [6.45, 7) is 0. The minimum Gasteiger partial charge on any atom is -0.476 e. The maximum Gasteiger partial charge on any atom is 0.357 e. The second kappa shape index (κ2) is 8.38. The Morgan fingerprint density at radius 2 is 1.87 bits per heavy atom. The Morgan fingerprint density at radius 1 is 1.20 bits per heavy atom. The predicted octanol–water partition coefficient (Wildman–Crippen LogP) is 3.53. The average Bonchev–Trinajstić information content (AvgIpc) is 2.73. The Kier molecular flexibility index (Phi) is 5.71. The molecule has 0 amide bonds. The molecule has 10 heteroatoms. The minimum absolute atomic E-state index is 0.171. The number of aromatic nitrogens is 2. The number of aromatic carboxylic acids is 1. The summed E-state index contributed by atoms with van der Waals surface area (Å²) >= 11 is 5.83. The number of hydrogen-bond donors (Lipinski definition) is 1. The third-order valence-corrected chi connectivity index (χ3v) is 4.33. The molecule has 0 saturated heterocycles. The van der Waals surface area contributed by atoms with E-state index < -0.39 is 27.7 Å². The van der Waals surface area contributed by atoms with Crippen LogP contribution in [0.2, 0.25) is 5.02 Å². The van der Waals surface area contributed by atoms with Gasteiger partial charge in [-0.2, -0.15) is 15.0 Å². The first-order chi connectivity index (χ1) is 14.3. The van der Waals surface area contributed by atoms with Gasteiger partial charge in [0.15, 0.2) is 5.69 Å². The van der Waals surface area contributed by atoms with Gasteiger partial charge in [0.05, 0.1) is 16.2 Å². The third kappa shape index (κ3) is 3.94. The van der Waals surface area contributed by atoms with Gasteiger partial charge in [-0.3, -0.25) is 14.9 Å². The Bertz CT molecular complexity index is 1290. The first-order valence-corrected chi connectivity index (χ1v) is 8.69. The molecule has 0 aliphatic heterocycles. The third-order valence-electron chi connectivity index (χ3n) is 4.08. The molecule has 0 radical (unpaired) electrons. The minimum atomic E-state index is -1.48. The van der Waals surface area contributed by atoms with Crippen LogP contribution in [0.15, 0.2) is 53.3 Å². The van der Waals surface area contributed by atoms with E-state index in [0.29, 0.717) is 5.02 Å². The molecule has 3 aromatic rings. The number of hydrogen-bond acceptors (Lipinski definition) is 6. The molecule has 0 aliphatic rings. The zero-order valence-electron chi connectivity index (χ0n) is 15.0. The maximum atomic E-state index is 12.8. The lowest BCUT2D eigenvalue weighted by molar-refractivity contribution is -0.385. The van der Waals surface area contributed by atoms with Crippen LogP contribution >= 0.6 is 11.6 Å². The molecule has 9 nitrogen and oxygen atoms in total. The van der Waals surface area contributed by atoms with Gasteiger partial charge in [-0.05, 0) is 36.4 Å². The highest BCUT2D eigenvalue weighted by Gasteiger charge is 2.21. The number of benzene rings is 2. The highest BCUT2D eigenvalue weighted by molar-refractivity contribution is 6.30. The van der Waals surface area contributed by atoms with E-state index in [2.05, 4.69) is 5.10 Å². The fourth-order valence-electron chi connectivity index (χ4n) is 2.69. The van der Waals surface area contributed by atoms with E-state index in [1.807, 2.05) is 0 Å². The maximum absolute atomic E-state index is 12.8. The van der Waals surface area contributed by atoms with E-state index in [1.54, 1.807) is 12.1 Å². The average molecular weight is 423 g/mol. The molecular formula is C20H11ClN4O5. The van der Waals surface area contributed by atoms with Crippen LogP contribution in [0.3, 0.4) is 0 Å². The summed E-state index contributed by atoms with van der Waals surface area (Å²) in [6.07, 6.45) is 2.42. The molecule has 0 saturated carbocycles. The van der Waals surface area contributed by atoms with Crippen LogP contribution < -0.4 is 5.56 Å². The van der Waals surface area contributed by atoms with Gasteiger partial charge in [0.2, 0.25) is 0 Å². The van der Waals surface area contributed by atoms with Gasteiger partial charge in [0.25, 0.3) is 11.2 Å². The fourth-order valence-corrected chi connectivity index (χ4v) is 2.82. The summed E-state index contributed by atoms with van der Waals surface area (Å²) in [5, 5.41) is 34.5. The summed E-state index contributed by atoms with van der Waals surface area (Å²) in [7, 11) is 0. The molecule has 30 heavy (non-hydrogen) atoms. The predicted molar refractivity (Wildman–Crippen MR) is 109 cm³/mol. The Hall–Kier alpha value is -4.29. The van der Waals surface area contributed by atoms with Gasteiger partial charge in [0, 0.05) is 16.7 Å². The zero-order chi connectivity index (χ0) is 21.8. The molecule has 0 aliphatic carbocycles. The van der Waals surface area contributed by atoms with Crippen molar-refractivity contribution in [2.45, 2.75) is 0 Å². The quantitative estimate of drug-likeness (QED) is 0.489. The van der Waals surface area contributed by atoms with Crippen LogP contribution in [0.4, 0.5) is 5.69 Å². The molecule has 2 aromatic carbocycles. The van der Waals surface area contributed by atoms with Crippen molar-refractivity contribution in [3.63, 3.8) is 0 Å². The van der Waals surface area contributed by atoms with Crippen molar-refractivity contribution in [2.24, 2.45) is 0 Å². The molecule has 0 spiro atoms. The molecule has 0 atom stereocenters. The number of nitro benzene ring substituents is 1. The lowest BCUT2D eigenvalue weighted by Crippen LogP contribution is -2.28. The summed E-state index contributed by atoms with van der Waals surface area (Å²) in [6, 6.07) is 13.3. The van der Waals surface area contributed by atoms with Crippen molar-refractivity contribution < 1.29 is 14.8 Å². The molecule has 0 bridgehead atoms. The van der Waals surface area contributed by atoms with Crippen molar-refractivity contribution >= 4 is 35.4 Å². The second-order valence-electron chi connectivity index (χ2n) is 5.90. The van der Waals surface area contributed by atoms with Crippen LogP contribution in [-0.2, 0) is 0 Å². The SMILES string of the molecule is N#Cc1c(/C=C/c2ccccc2[N+](=O)[O-])c(C(=O)O)nn(-c2ccc(Cl)cc2)c1=O. The molecule has 1 aromatic heterocycles. The fraction of sp³-hybridized carbons (Fsp3) is 0. The number of rotatable bonds is 5. The van der Waals surface area contributed by atoms with Crippen molar-refractivity contribution in [3.8, 4) is 11.8 Å². The van der Waals surface area contributed by atoms with Gasteiger partial charge in [0.1, 0.15) is 11.6 Å². The molecule has 1 N–H and O–H groups in total. The number of nitrogens with zero attached hydrogens (tertiary/aromatic N) is 4. The lowest BCUT2D eigenvalue weighted by atomic mass is 10.1. The van der Waals surface area contributed by atoms with Crippen LogP contribution in [0.25, 0.3) is 17.8 Å². The highest BCUT2D eigenvalue weighted by atomic mass is 35.5. The topological polar surface area (TPSA) is 139 Å². The number of nitriles is 1. The Morgan fingerprint density at radius 3 is 2.47 bits per heavy atom. The van der Waals surface area contributed by atoms with Crippen molar-refractivity contribution in [1.29, 1.82) is 5.26 Å². The number of carbonyl (C=O) groups is 1. The second-order valence-corrected chi connectivity index (χ2v) is 6.33. The van der Waals surface area contributed by atoms with Crippen LogP contribution in [0.5, 0.6) is 0 Å². The van der Waals surface area contributed by atoms with Gasteiger partial charge in [-0.15, -0.1) is 0 Å². The first kappa shape index (κ1) is 20.4. The molecular weight excluding hydrogens is 412 g/mol. The Labute approximate surface area is 173 Å². The summed E-state index contributed by atoms with van der Waals surface area (Å²) in [5.74, 6) is -1.48. The molecule has 0 unspecified atom stereocenters. The largest absolute Gasteiger partial charge is 0.476 e. The molecule has 148 valence electrons. The number of carboxylic acid groups (broad SMARTS) is 1. The van der Waals surface area contributed by atoms with Crippen LogP contribution in [-0.4, -0.2) is 25.8 Å². The number of carboxylic acids is 1. The van der Waals surface area contributed by atoms with Crippen molar-refractivity contribution in [2.75, 3.05) is 0 Å². The lowest BCUT2D eigenvalue weighted by Gasteiger charge is -2.09.